The summed E-state index contributed by atoms with van der Waals surface area (Å²) < 4.78 is 29.6. The van der Waals surface area contributed by atoms with Crippen molar-refractivity contribution in [2.45, 2.75) is 25.8 Å². The third-order valence-corrected chi connectivity index (χ3v) is 4.75. The minimum Gasteiger partial charge on any atom is -0.477 e. The van der Waals surface area contributed by atoms with Gasteiger partial charge in [0.15, 0.2) is 0 Å². The highest BCUT2D eigenvalue weighted by Crippen LogP contribution is 2.43. The summed E-state index contributed by atoms with van der Waals surface area (Å²) in [6, 6.07) is 8.96. The molecule has 3 aromatic rings. The van der Waals surface area contributed by atoms with Crippen LogP contribution in [0.25, 0.3) is 11.0 Å². The van der Waals surface area contributed by atoms with Gasteiger partial charge < -0.3 is 14.6 Å². The molecule has 4 rings (SSSR count). The van der Waals surface area contributed by atoms with Crippen LogP contribution in [-0.4, -0.2) is 33.9 Å². The van der Waals surface area contributed by atoms with Crippen molar-refractivity contribution < 1.29 is 18.3 Å². The Bertz CT molecular complexity index is 958. The van der Waals surface area contributed by atoms with E-state index in [-0.39, 0.29) is 30.9 Å². The van der Waals surface area contributed by atoms with Crippen molar-refractivity contribution in [1.29, 1.82) is 0 Å². The number of amides is 1. The monoisotopic (exact) mass is 372 g/mol. The Morgan fingerprint density at radius 1 is 1.26 bits per heavy atom. The second kappa shape index (κ2) is 6.94. The number of anilines is 1. The van der Waals surface area contributed by atoms with Gasteiger partial charge in [-0.15, -0.1) is 0 Å². The summed E-state index contributed by atoms with van der Waals surface area (Å²) in [5.74, 6) is 0.161. The maximum atomic E-state index is 12.5. The van der Waals surface area contributed by atoms with Gasteiger partial charge in [0.05, 0.1) is 35.9 Å². The predicted octanol–water partition coefficient (Wildman–Crippen LogP) is 3.72. The molecule has 1 N–H and O–H groups in total. The largest absolute Gasteiger partial charge is 0.477 e. The Labute approximate surface area is 154 Å². The zero-order valence-corrected chi connectivity index (χ0v) is 14.6. The number of aromatic nitrogens is 3. The van der Waals surface area contributed by atoms with E-state index in [9.17, 15) is 13.6 Å². The Kier molecular flexibility index (Phi) is 4.47. The fraction of sp³-hybridized carbons (Fsp3) is 0.316. The van der Waals surface area contributed by atoms with E-state index in [1.165, 1.54) is 0 Å². The van der Waals surface area contributed by atoms with Crippen LogP contribution >= 0.6 is 0 Å². The molecule has 0 aliphatic carbocycles. The molecule has 1 saturated heterocycles. The maximum Gasteiger partial charge on any atom is 0.241 e. The van der Waals surface area contributed by atoms with Crippen molar-refractivity contribution in [3.63, 3.8) is 0 Å². The molecular weight excluding hydrogens is 354 g/mol. The third-order valence-electron chi connectivity index (χ3n) is 4.75. The van der Waals surface area contributed by atoms with Gasteiger partial charge >= 0.3 is 0 Å². The number of nitrogens with zero attached hydrogens (tertiary/aromatic N) is 3. The molecule has 1 aromatic carbocycles. The first kappa shape index (κ1) is 17.4. The number of alkyl halides is 2. The molecule has 2 atom stereocenters. The molecular formula is C19H18F2N4O2. The number of carbonyl (C=O) groups is 1. The van der Waals surface area contributed by atoms with Gasteiger partial charge in [0.2, 0.25) is 18.2 Å². The van der Waals surface area contributed by atoms with Gasteiger partial charge in [-0.1, -0.05) is 13.0 Å². The average Bonchev–Trinajstić information content (AvgIpc) is 3.13. The van der Waals surface area contributed by atoms with Crippen molar-refractivity contribution in [1.82, 2.24) is 15.0 Å². The van der Waals surface area contributed by atoms with Crippen molar-refractivity contribution in [3.05, 3.63) is 48.4 Å². The number of ether oxygens (including phenoxy) is 1. The summed E-state index contributed by atoms with van der Waals surface area (Å²) in [5.41, 5.74) is 3.35. The van der Waals surface area contributed by atoms with E-state index >= 15 is 0 Å². The maximum absolute atomic E-state index is 12.5. The van der Waals surface area contributed by atoms with Crippen LogP contribution in [0.5, 0.6) is 5.88 Å². The van der Waals surface area contributed by atoms with E-state index in [4.69, 9.17) is 4.74 Å². The highest BCUT2D eigenvalue weighted by atomic mass is 19.3. The number of halogens is 2. The third kappa shape index (κ3) is 3.22. The molecule has 1 aliphatic heterocycles. The number of H-pyrrole nitrogens is 1. The van der Waals surface area contributed by atoms with Gasteiger partial charge in [0.25, 0.3) is 0 Å². The SMILES string of the molecule is C[C@@H]1C(=O)N(c2ccc3nc[nH]c3c2)[C@@H]1c1ccc(OCCC(F)F)nc1. The van der Waals surface area contributed by atoms with E-state index < -0.39 is 6.43 Å². The van der Waals surface area contributed by atoms with Crippen molar-refractivity contribution in [2.24, 2.45) is 5.92 Å². The number of β-lactam (4-membered cyclic amide) rings is 1. The number of pyridine rings is 1. The molecule has 1 fully saturated rings. The Balaban J connectivity index is 1.53. The molecule has 2 aromatic heterocycles. The van der Waals surface area contributed by atoms with Crippen LogP contribution < -0.4 is 9.64 Å². The first-order valence-corrected chi connectivity index (χ1v) is 8.67. The summed E-state index contributed by atoms with van der Waals surface area (Å²) in [6.07, 6.45) is 0.518. The lowest BCUT2D eigenvalue weighted by molar-refractivity contribution is -0.129. The normalized spacial score (nSPS) is 19.6. The summed E-state index contributed by atoms with van der Waals surface area (Å²) in [7, 11) is 0. The molecule has 27 heavy (non-hydrogen) atoms. The van der Waals surface area contributed by atoms with Crippen LogP contribution in [0.2, 0.25) is 0 Å². The van der Waals surface area contributed by atoms with Gasteiger partial charge in [-0.2, -0.15) is 0 Å². The number of rotatable bonds is 6. The molecule has 140 valence electrons. The van der Waals surface area contributed by atoms with Crippen molar-refractivity contribution in [2.75, 3.05) is 11.5 Å². The molecule has 0 unspecified atom stereocenters. The second-order valence-electron chi connectivity index (χ2n) is 6.50. The van der Waals surface area contributed by atoms with Gasteiger partial charge in [0.1, 0.15) is 0 Å². The molecule has 0 spiro atoms. The topological polar surface area (TPSA) is 71.1 Å². The molecule has 3 heterocycles. The highest BCUT2D eigenvalue weighted by Gasteiger charge is 2.46. The van der Waals surface area contributed by atoms with Gasteiger partial charge in [-0.3, -0.25) is 4.79 Å². The average molecular weight is 372 g/mol. The molecule has 0 saturated carbocycles. The van der Waals surface area contributed by atoms with Crippen LogP contribution in [-0.2, 0) is 4.79 Å². The highest BCUT2D eigenvalue weighted by molar-refractivity contribution is 6.04. The molecule has 8 heteroatoms. The van der Waals surface area contributed by atoms with Crippen LogP contribution in [0.4, 0.5) is 14.5 Å². The Morgan fingerprint density at radius 2 is 2.11 bits per heavy atom. The van der Waals surface area contributed by atoms with Crippen molar-refractivity contribution in [3.8, 4) is 5.88 Å². The molecule has 1 aliphatic rings. The minimum atomic E-state index is -2.40. The van der Waals surface area contributed by atoms with E-state index in [0.29, 0.717) is 5.88 Å². The summed E-state index contributed by atoms with van der Waals surface area (Å²) >= 11 is 0. The number of hydrogen-bond acceptors (Lipinski definition) is 4. The minimum absolute atomic E-state index is 0.0381. The van der Waals surface area contributed by atoms with E-state index in [1.54, 1.807) is 23.5 Å². The Morgan fingerprint density at radius 3 is 2.85 bits per heavy atom. The lowest BCUT2D eigenvalue weighted by Gasteiger charge is -2.46. The van der Waals surface area contributed by atoms with E-state index in [1.807, 2.05) is 31.2 Å². The summed E-state index contributed by atoms with van der Waals surface area (Å²) in [4.78, 5) is 25.6. The predicted molar refractivity (Wildman–Crippen MR) is 95.8 cm³/mol. The molecule has 0 bridgehead atoms. The number of fused-ring (bicyclic) bond motifs is 1. The summed E-state index contributed by atoms with van der Waals surface area (Å²) in [5, 5.41) is 0. The fourth-order valence-electron chi connectivity index (χ4n) is 3.34. The number of nitrogens with one attached hydrogen (secondary N) is 1. The van der Waals surface area contributed by atoms with Gasteiger partial charge in [0, 0.05) is 24.4 Å². The lowest BCUT2D eigenvalue weighted by atomic mass is 9.84. The number of aromatic amines is 1. The molecule has 0 radical (unpaired) electrons. The van der Waals surface area contributed by atoms with E-state index in [0.717, 1.165) is 22.3 Å². The fourth-order valence-corrected chi connectivity index (χ4v) is 3.34. The first-order valence-electron chi connectivity index (χ1n) is 8.67. The number of imidazole rings is 1. The van der Waals surface area contributed by atoms with E-state index in [2.05, 4.69) is 15.0 Å². The number of benzene rings is 1. The van der Waals surface area contributed by atoms with Crippen LogP contribution in [0.15, 0.2) is 42.9 Å². The van der Waals surface area contributed by atoms with Crippen LogP contribution in [0, 0.1) is 5.92 Å². The quantitative estimate of drug-likeness (QED) is 0.670. The van der Waals surface area contributed by atoms with Gasteiger partial charge in [-0.05, 0) is 23.8 Å². The summed E-state index contributed by atoms with van der Waals surface area (Å²) in [6.45, 7) is 1.80. The molecule has 1 amide bonds. The molecule has 6 nitrogen and oxygen atoms in total. The number of hydrogen-bond donors (Lipinski definition) is 1. The second-order valence-corrected chi connectivity index (χ2v) is 6.50. The number of carbonyl (C=O) groups excluding carboxylic acids is 1. The first-order chi connectivity index (χ1) is 13.0. The van der Waals surface area contributed by atoms with Crippen LogP contribution in [0.3, 0.4) is 0 Å². The Hall–Kier alpha value is -3.03. The smallest absolute Gasteiger partial charge is 0.241 e. The zero-order valence-electron chi connectivity index (χ0n) is 14.6. The van der Waals surface area contributed by atoms with Gasteiger partial charge in [-0.25, -0.2) is 18.7 Å². The zero-order chi connectivity index (χ0) is 19.0. The standard InChI is InChI=1S/C19H18F2N4O2/c1-11-18(12-2-5-17(22-9-12)27-7-6-16(20)21)25(19(11)26)13-3-4-14-15(8-13)24-10-23-14/h2-5,8-11,16,18H,6-7H2,1H3,(H,23,24)/t11-,18-/m0/s1. The van der Waals surface area contributed by atoms with Crippen LogP contribution in [0.1, 0.15) is 24.9 Å². The lowest BCUT2D eigenvalue weighted by Crippen LogP contribution is -2.54. The van der Waals surface area contributed by atoms with Crippen molar-refractivity contribution >= 4 is 22.6 Å².